The van der Waals surface area contributed by atoms with Crippen molar-refractivity contribution in [3.05, 3.63) is 10.3 Å². The summed E-state index contributed by atoms with van der Waals surface area (Å²) in [6.45, 7) is 0. The fraction of sp³-hybridized carbons (Fsp3) is 0.833. The summed E-state index contributed by atoms with van der Waals surface area (Å²) in [6, 6.07) is 0. The second-order valence-electron chi connectivity index (χ2n) is 5.86. The Morgan fingerprint density at radius 2 is 1.62 bits per heavy atom. The zero-order valence-corrected chi connectivity index (χ0v) is 10.7. The fourth-order valence-corrected chi connectivity index (χ4v) is 5.77. The quantitative estimate of drug-likeness (QED) is 0.763. The molecule has 2 nitrogen and oxygen atoms in total. The van der Waals surface area contributed by atoms with Crippen LogP contribution < -0.4 is 0 Å². The second kappa shape index (κ2) is 3.42. The first-order chi connectivity index (χ1) is 7.79. The maximum absolute atomic E-state index is 5.86. The summed E-state index contributed by atoms with van der Waals surface area (Å²) in [5, 5.41) is 1.67. The van der Waals surface area contributed by atoms with Gasteiger partial charge < -0.3 is 0 Å². The average molecular weight is 255 g/mol. The molecule has 0 spiro atoms. The van der Waals surface area contributed by atoms with Crippen LogP contribution >= 0.6 is 23.1 Å². The average Bonchev–Trinajstić information content (AvgIpc) is 2.63. The Kier molecular flexibility index (Phi) is 2.10. The summed E-state index contributed by atoms with van der Waals surface area (Å²) in [7, 11) is 0. The monoisotopic (exact) mass is 254 g/mol. The Morgan fingerprint density at radius 1 is 1.00 bits per heavy atom. The van der Waals surface area contributed by atoms with Crippen molar-refractivity contribution in [3.63, 3.8) is 0 Å². The molecule has 1 aromatic heterocycles. The van der Waals surface area contributed by atoms with Crippen LogP contribution in [0.1, 0.15) is 43.0 Å². The Balaban J connectivity index is 1.69. The summed E-state index contributed by atoms with van der Waals surface area (Å²) < 4.78 is 4.15. The SMILES string of the molecule is Clc1nsc(C2C3CC4CC(C3)CC2C4)n1. The van der Waals surface area contributed by atoms with Gasteiger partial charge in [0.25, 0.3) is 0 Å². The van der Waals surface area contributed by atoms with Gasteiger partial charge >= 0.3 is 0 Å². The van der Waals surface area contributed by atoms with Crippen molar-refractivity contribution in [1.29, 1.82) is 0 Å². The first-order valence-electron chi connectivity index (χ1n) is 6.28. The van der Waals surface area contributed by atoms with Crippen molar-refractivity contribution in [2.24, 2.45) is 23.7 Å². The molecule has 0 amide bonds. The second-order valence-corrected chi connectivity index (χ2v) is 6.98. The molecule has 4 bridgehead atoms. The van der Waals surface area contributed by atoms with Crippen LogP contribution in [-0.4, -0.2) is 9.36 Å². The minimum atomic E-state index is 0.453. The Morgan fingerprint density at radius 3 is 2.12 bits per heavy atom. The molecule has 0 radical (unpaired) electrons. The summed E-state index contributed by atoms with van der Waals surface area (Å²) in [5.74, 6) is 4.53. The van der Waals surface area contributed by atoms with Gasteiger partial charge in [0.05, 0.1) is 0 Å². The lowest BCUT2D eigenvalue weighted by Gasteiger charge is -2.53. The largest absolute Gasteiger partial charge is 0.234 e. The molecule has 4 aliphatic rings. The maximum atomic E-state index is 5.86. The molecule has 0 N–H and O–H groups in total. The summed E-state index contributed by atoms with van der Waals surface area (Å²) in [6.07, 6.45) is 7.27. The van der Waals surface area contributed by atoms with Gasteiger partial charge in [0, 0.05) is 5.92 Å². The number of hydrogen-bond donors (Lipinski definition) is 0. The highest BCUT2D eigenvalue weighted by Crippen LogP contribution is 2.59. The molecule has 4 heteroatoms. The van der Waals surface area contributed by atoms with E-state index in [1.54, 1.807) is 0 Å². The van der Waals surface area contributed by atoms with E-state index >= 15 is 0 Å². The van der Waals surface area contributed by atoms with Gasteiger partial charge in [-0.15, -0.1) is 0 Å². The lowest BCUT2D eigenvalue weighted by molar-refractivity contribution is -0.00283. The van der Waals surface area contributed by atoms with E-state index in [4.69, 9.17) is 11.6 Å². The molecule has 1 aromatic rings. The van der Waals surface area contributed by atoms with Crippen LogP contribution in [0.4, 0.5) is 0 Å². The number of halogens is 1. The van der Waals surface area contributed by atoms with Gasteiger partial charge in [-0.05, 0) is 78.9 Å². The molecule has 4 aliphatic carbocycles. The smallest absolute Gasteiger partial charge is 0.209 e. The van der Waals surface area contributed by atoms with Crippen molar-refractivity contribution in [2.45, 2.75) is 38.0 Å². The van der Waals surface area contributed by atoms with Gasteiger partial charge in [0.2, 0.25) is 5.28 Å². The zero-order chi connectivity index (χ0) is 10.7. The van der Waals surface area contributed by atoms with E-state index in [1.165, 1.54) is 48.6 Å². The Hall–Kier alpha value is -0.150. The molecule has 4 saturated carbocycles. The zero-order valence-electron chi connectivity index (χ0n) is 9.10. The van der Waals surface area contributed by atoms with Gasteiger partial charge in [-0.3, -0.25) is 0 Å². The van der Waals surface area contributed by atoms with Crippen molar-refractivity contribution in [2.75, 3.05) is 0 Å². The van der Waals surface area contributed by atoms with Crippen molar-refractivity contribution in [1.82, 2.24) is 9.36 Å². The molecular formula is C12H15ClN2S. The van der Waals surface area contributed by atoms with E-state index in [9.17, 15) is 0 Å². The molecule has 0 saturated heterocycles. The van der Waals surface area contributed by atoms with Crippen LogP contribution in [0.5, 0.6) is 0 Å². The van der Waals surface area contributed by atoms with Crippen LogP contribution in [-0.2, 0) is 0 Å². The van der Waals surface area contributed by atoms with E-state index in [0.29, 0.717) is 11.2 Å². The minimum absolute atomic E-state index is 0.453. The number of nitrogens with zero attached hydrogens (tertiary/aromatic N) is 2. The Bertz CT molecular complexity index is 389. The topological polar surface area (TPSA) is 25.8 Å². The number of aromatic nitrogens is 2. The molecule has 86 valence electrons. The third-order valence-corrected chi connectivity index (χ3v) is 6.01. The van der Waals surface area contributed by atoms with Gasteiger partial charge in [-0.1, -0.05) is 0 Å². The molecule has 0 atom stereocenters. The van der Waals surface area contributed by atoms with E-state index < -0.39 is 0 Å². The molecule has 0 aliphatic heterocycles. The third kappa shape index (κ3) is 1.37. The van der Waals surface area contributed by atoms with Gasteiger partial charge in [-0.2, -0.15) is 4.37 Å². The first kappa shape index (κ1) is 9.84. The fourth-order valence-electron chi connectivity index (χ4n) is 4.68. The van der Waals surface area contributed by atoms with Crippen LogP contribution in [0.15, 0.2) is 0 Å². The first-order valence-corrected chi connectivity index (χ1v) is 7.44. The number of rotatable bonds is 1. The van der Waals surface area contributed by atoms with E-state index in [-0.39, 0.29) is 0 Å². The molecule has 1 heterocycles. The van der Waals surface area contributed by atoms with Crippen LogP contribution in [0.25, 0.3) is 0 Å². The predicted molar refractivity (Wildman–Crippen MR) is 64.7 cm³/mol. The summed E-state index contributed by atoms with van der Waals surface area (Å²) in [4.78, 5) is 4.43. The van der Waals surface area contributed by atoms with Crippen molar-refractivity contribution < 1.29 is 0 Å². The highest BCUT2D eigenvalue weighted by atomic mass is 35.5. The molecule has 5 rings (SSSR count). The van der Waals surface area contributed by atoms with E-state index in [2.05, 4.69) is 9.36 Å². The molecule has 0 unspecified atom stereocenters. The summed E-state index contributed by atoms with van der Waals surface area (Å²) in [5.41, 5.74) is 0. The molecular weight excluding hydrogens is 240 g/mol. The van der Waals surface area contributed by atoms with E-state index in [0.717, 1.165) is 23.7 Å². The predicted octanol–water partition coefficient (Wildman–Crippen LogP) is 3.73. The van der Waals surface area contributed by atoms with Crippen LogP contribution in [0.2, 0.25) is 5.28 Å². The van der Waals surface area contributed by atoms with Crippen LogP contribution in [0.3, 0.4) is 0 Å². The molecule has 0 aromatic carbocycles. The van der Waals surface area contributed by atoms with Gasteiger partial charge in [0.15, 0.2) is 0 Å². The molecule has 4 fully saturated rings. The third-order valence-electron chi connectivity index (χ3n) is 4.93. The van der Waals surface area contributed by atoms with E-state index in [1.807, 2.05) is 0 Å². The Labute approximate surface area is 105 Å². The molecule has 16 heavy (non-hydrogen) atoms. The number of hydrogen-bond acceptors (Lipinski definition) is 3. The summed E-state index contributed by atoms with van der Waals surface area (Å²) >= 11 is 7.40. The van der Waals surface area contributed by atoms with Gasteiger partial charge in [-0.25, -0.2) is 4.98 Å². The van der Waals surface area contributed by atoms with Crippen molar-refractivity contribution >= 4 is 23.1 Å². The van der Waals surface area contributed by atoms with Crippen LogP contribution in [0, 0.1) is 23.7 Å². The maximum Gasteiger partial charge on any atom is 0.234 e. The minimum Gasteiger partial charge on any atom is -0.209 e. The van der Waals surface area contributed by atoms with Gasteiger partial charge in [0.1, 0.15) is 5.01 Å². The lowest BCUT2D eigenvalue weighted by atomic mass is 9.52. The standard InChI is InChI=1S/C12H15ClN2S/c13-12-14-11(16-15-12)10-8-2-6-1-7(4-8)5-9(10)3-6/h6-10H,1-5H2. The van der Waals surface area contributed by atoms with Crippen molar-refractivity contribution in [3.8, 4) is 0 Å². The normalized spacial score (nSPS) is 45.2. The lowest BCUT2D eigenvalue weighted by Crippen LogP contribution is -2.43. The highest BCUT2D eigenvalue weighted by Gasteiger charge is 2.49. The highest BCUT2D eigenvalue weighted by molar-refractivity contribution is 7.05.